The van der Waals surface area contributed by atoms with Gasteiger partial charge in [0, 0.05) is 0 Å². The van der Waals surface area contributed by atoms with Crippen molar-refractivity contribution in [1.82, 2.24) is 0 Å². The lowest BCUT2D eigenvalue weighted by Gasteiger charge is -2.02. The lowest BCUT2D eigenvalue weighted by molar-refractivity contribution is 0.541. The second-order valence-electron chi connectivity index (χ2n) is 5.97. The highest BCUT2D eigenvalue weighted by Crippen LogP contribution is 2.13. The van der Waals surface area contributed by atoms with E-state index in [1.807, 2.05) is 0 Å². The fourth-order valence-electron chi connectivity index (χ4n) is 2.70. The van der Waals surface area contributed by atoms with Crippen molar-refractivity contribution in [1.29, 1.82) is 0 Å². The SMILES string of the molecule is [C]1=C/C=C/C=C\CCCCCCCCCCCCCC/1. The number of allylic oxidation sites excluding steroid dienone is 6. The molecular formula is C20H33. The molecule has 0 saturated heterocycles. The van der Waals surface area contributed by atoms with Crippen molar-refractivity contribution in [2.24, 2.45) is 0 Å². The Labute approximate surface area is 127 Å². The standard InChI is InChI=1S/C20H33/c1-2-4-6-8-10-12-14-16-18-20-19-17-15-13-11-9-7-5-3-1/h1-5H,6,8-20H2/b3-1+,4-2-,7-5?. The molecule has 113 valence electrons. The first-order chi connectivity index (χ1) is 10.0. The van der Waals surface area contributed by atoms with Gasteiger partial charge in [-0.05, 0) is 31.8 Å². The van der Waals surface area contributed by atoms with Gasteiger partial charge in [-0.1, -0.05) is 94.6 Å². The first kappa shape index (κ1) is 17.3. The molecule has 0 aromatic rings. The zero-order chi connectivity index (χ0) is 14.1. The van der Waals surface area contributed by atoms with E-state index < -0.39 is 0 Å². The van der Waals surface area contributed by atoms with E-state index in [1.165, 1.54) is 83.5 Å². The maximum absolute atomic E-state index is 3.36. The van der Waals surface area contributed by atoms with Crippen LogP contribution in [0.2, 0.25) is 0 Å². The molecule has 0 aromatic heterocycles. The molecule has 0 bridgehead atoms. The minimum atomic E-state index is 1.12. The minimum absolute atomic E-state index is 1.12. The molecule has 0 heteroatoms. The molecule has 0 aromatic carbocycles. The second kappa shape index (κ2) is 14.6. The summed E-state index contributed by atoms with van der Waals surface area (Å²) in [6, 6.07) is 0. The van der Waals surface area contributed by atoms with E-state index in [4.69, 9.17) is 0 Å². The van der Waals surface area contributed by atoms with Crippen LogP contribution in [-0.4, -0.2) is 0 Å². The molecule has 0 saturated carbocycles. The van der Waals surface area contributed by atoms with Crippen molar-refractivity contribution in [2.45, 2.75) is 89.9 Å². The van der Waals surface area contributed by atoms with E-state index >= 15 is 0 Å². The van der Waals surface area contributed by atoms with Gasteiger partial charge < -0.3 is 0 Å². The lowest BCUT2D eigenvalue weighted by Crippen LogP contribution is -1.83. The number of rotatable bonds is 0. The monoisotopic (exact) mass is 273 g/mol. The molecule has 0 spiro atoms. The maximum atomic E-state index is 3.36. The molecule has 0 nitrogen and oxygen atoms in total. The van der Waals surface area contributed by atoms with Gasteiger partial charge in [-0.3, -0.25) is 0 Å². The molecular weight excluding hydrogens is 240 g/mol. The molecule has 0 heterocycles. The molecule has 0 unspecified atom stereocenters. The summed E-state index contributed by atoms with van der Waals surface area (Å²) in [6.07, 6.45) is 33.5. The highest BCUT2D eigenvalue weighted by molar-refractivity contribution is 5.09. The van der Waals surface area contributed by atoms with Gasteiger partial charge in [-0.2, -0.15) is 0 Å². The third-order valence-corrected chi connectivity index (χ3v) is 4.01. The molecule has 1 rings (SSSR count). The Morgan fingerprint density at radius 3 is 1.70 bits per heavy atom. The molecule has 0 fully saturated rings. The largest absolute Gasteiger partial charge is 0.0845 e. The van der Waals surface area contributed by atoms with E-state index in [9.17, 15) is 0 Å². The van der Waals surface area contributed by atoms with Crippen molar-refractivity contribution in [2.75, 3.05) is 0 Å². The Morgan fingerprint density at radius 1 is 0.500 bits per heavy atom. The van der Waals surface area contributed by atoms with Crippen LogP contribution in [0.5, 0.6) is 0 Å². The Bertz CT molecular complexity index is 242. The summed E-state index contributed by atoms with van der Waals surface area (Å²) in [6.45, 7) is 0. The lowest BCUT2D eigenvalue weighted by atomic mass is 10.0. The van der Waals surface area contributed by atoms with Crippen molar-refractivity contribution in [3.63, 3.8) is 0 Å². The Balaban J connectivity index is 2.18. The van der Waals surface area contributed by atoms with Crippen LogP contribution in [0.25, 0.3) is 0 Å². The summed E-state index contributed by atoms with van der Waals surface area (Å²) in [4.78, 5) is 0. The fourth-order valence-corrected chi connectivity index (χ4v) is 2.70. The number of hydrogen-bond acceptors (Lipinski definition) is 0. The zero-order valence-corrected chi connectivity index (χ0v) is 13.3. The average molecular weight is 273 g/mol. The average Bonchev–Trinajstić information content (AvgIpc) is 2.46. The summed E-state index contributed by atoms with van der Waals surface area (Å²) in [5, 5.41) is 0. The van der Waals surface area contributed by atoms with E-state index in [-0.39, 0.29) is 0 Å². The van der Waals surface area contributed by atoms with Crippen molar-refractivity contribution in [3.8, 4) is 0 Å². The Hall–Kier alpha value is -0.780. The summed E-state index contributed by atoms with van der Waals surface area (Å²) in [7, 11) is 0. The topological polar surface area (TPSA) is 0 Å². The third kappa shape index (κ3) is 12.3. The molecule has 0 aliphatic heterocycles. The minimum Gasteiger partial charge on any atom is -0.0845 e. The molecule has 0 atom stereocenters. The molecule has 1 aliphatic rings. The molecule has 1 aliphatic carbocycles. The smallest absolute Gasteiger partial charge is 0.0276 e. The predicted molar refractivity (Wildman–Crippen MR) is 90.7 cm³/mol. The van der Waals surface area contributed by atoms with Gasteiger partial charge in [0.25, 0.3) is 0 Å². The van der Waals surface area contributed by atoms with Gasteiger partial charge in [0.1, 0.15) is 0 Å². The van der Waals surface area contributed by atoms with Gasteiger partial charge in [0.15, 0.2) is 0 Å². The van der Waals surface area contributed by atoms with E-state index in [0.29, 0.717) is 0 Å². The first-order valence-corrected chi connectivity index (χ1v) is 8.88. The summed E-state index contributed by atoms with van der Waals surface area (Å²) in [5.74, 6) is 0. The first-order valence-electron chi connectivity index (χ1n) is 8.88. The van der Waals surface area contributed by atoms with E-state index in [2.05, 4.69) is 36.5 Å². The zero-order valence-electron chi connectivity index (χ0n) is 13.3. The predicted octanol–water partition coefficient (Wildman–Crippen LogP) is 6.93. The van der Waals surface area contributed by atoms with Crippen LogP contribution >= 0.6 is 0 Å². The third-order valence-electron chi connectivity index (χ3n) is 4.01. The number of hydrogen-bond donors (Lipinski definition) is 0. The van der Waals surface area contributed by atoms with E-state index in [1.54, 1.807) is 0 Å². The summed E-state index contributed by atoms with van der Waals surface area (Å²) >= 11 is 0. The van der Waals surface area contributed by atoms with Crippen molar-refractivity contribution in [3.05, 3.63) is 36.5 Å². The molecule has 0 N–H and O–H groups in total. The van der Waals surface area contributed by atoms with Crippen molar-refractivity contribution >= 4 is 0 Å². The van der Waals surface area contributed by atoms with E-state index in [0.717, 1.165) is 6.42 Å². The van der Waals surface area contributed by atoms with Gasteiger partial charge in [0.2, 0.25) is 0 Å². The summed E-state index contributed by atoms with van der Waals surface area (Å²) in [5.41, 5.74) is 0. The quantitative estimate of drug-likeness (QED) is 0.448. The van der Waals surface area contributed by atoms with Gasteiger partial charge in [0.05, 0.1) is 0 Å². The van der Waals surface area contributed by atoms with Gasteiger partial charge in [-0.15, -0.1) is 0 Å². The van der Waals surface area contributed by atoms with Gasteiger partial charge >= 0.3 is 0 Å². The summed E-state index contributed by atoms with van der Waals surface area (Å²) < 4.78 is 0. The van der Waals surface area contributed by atoms with Crippen molar-refractivity contribution < 1.29 is 0 Å². The second-order valence-corrected chi connectivity index (χ2v) is 5.97. The van der Waals surface area contributed by atoms with Crippen LogP contribution in [0, 0.1) is 6.08 Å². The van der Waals surface area contributed by atoms with Crippen LogP contribution in [0.3, 0.4) is 0 Å². The van der Waals surface area contributed by atoms with Crippen LogP contribution in [0.1, 0.15) is 89.9 Å². The van der Waals surface area contributed by atoms with Crippen LogP contribution in [0.4, 0.5) is 0 Å². The van der Waals surface area contributed by atoms with Crippen LogP contribution in [0.15, 0.2) is 30.4 Å². The normalized spacial score (nSPS) is 26.4. The molecule has 1 radical (unpaired) electrons. The fraction of sp³-hybridized carbons (Fsp3) is 0.700. The Kier molecular flexibility index (Phi) is 12.6. The highest BCUT2D eigenvalue weighted by Gasteiger charge is 1.93. The maximum Gasteiger partial charge on any atom is -0.0276 e. The molecule has 0 amide bonds. The van der Waals surface area contributed by atoms with Crippen LogP contribution in [-0.2, 0) is 0 Å². The molecule has 20 heavy (non-hydrogen) atoms. The van der Waals surface area contributed by atoms with Crippen LogP contribution < -0.4 is 0 Å². The van der Waals surface area contributed by atoms with Gasteiger partial charge in [-0.25, -0.2) is 0 Å². The highest BCUT2D eigenvalue weighted by atomic mass is 14.0. The Morgan fingerprint density at radius 2 is 1.05 bits per heavy atom.